The normalized spacial score (nSPS) is 12.7. The number of hydrogen-bond acceptors (Lipinski definition) is 6. The van der Waals surface area contributed by atoms with Crippen LogP contribution in [0.15, 0.2) is 36.4 Å². The van der Waals surface area contributed by atoms with Crippen molar-refractivity contribution in [3.63, 3.8) is 0 Å². The maximum absolute atomic E-state index is 13.1. The highest BCUT2D eigenvalue weighted by Crippen LogP contribution is 2.07. The van der Waals surface area contributed by atoms with E-state index in [-0.39, 0.29) is 12.8 Å². The molecule has 8 nitrogen and oxygen atoms in total. The number of benzene rings is 1. The van der Waals surface area contributed by atoms with Crippen LogP contribution >= 0.6 is 0 Å². The van der Waals surface area contributed by atoms with Crippen LogP contribution in [0.5, 0.6) is 0 Å². The topological polar surface area (TPSA) is 111 Å². The minimum Gasteiger partial charge on any atom is -0.467 e. The van der Waals surface area contributed by atoms with Crippen LogP contribution < -0.4 is 10.6 Å². The molecule has 0 saturated carbocycles. The number of ether oxygens (including phenoxy) is 2. The van der Waals surface area contributed by atoms with E-state index >= 15 is 0 Å². The molecular formula is C19H23FN2O6. The zero-order valence-corrected chi connectivity index (χ0v) is 15.9. The monoisotopic (exact) mass is 394 g/mol. The second kappa shape index (κ2) is 11.5. The molecule has 0 unspecified atom stereocenters. The summed E-state index contributed by atoms with van der Waals surface area (Å²) in [7, 11) is 2.37. The van der Waals surface area contributed by atoms with Crippen molar-refractivity contribution in [3.8, 4) is 0 Å². The lowest BCUT2D eigenvalue weighted by Crippen LogP contribution is -2.52. The van der Waals surface area contributed by atoms with E-state index in [9.17, 15) is 23.6 Å². The Morgan fingerprint density at radius 2 is 1.68 bits per heavy atom. The molecule has 0 spiro atoms. The number of carbonyl (C=O) groups excluding carboxylic acids is 4. The van der Waals surface area contributed by atoms with Gasteiger partial charge in [-0.3, -0.25) is 9.59 Å². The average Bonchev–Trinajstić information content (AvgIpc) is 2.67. The van der Waals surface area contributed by atoms with Gasteiger partial charge < -0.3 is 20.1 Å². The number of hydrogen-bond donors (Lipinski definition) is 2. The molecule has 1 rings (SSSR count). The van der Waals surface area contributed by atoms with Crippen molar-refractivity contribution in [2.24, 2.45) is 0 Å². The van der Waals surface area contributed by atoms with E-state index in [1.807, 2.05) is 0 Å². The van der Waals surface area contributed by atoms with Crippen LogP contribution in [-0.4, -0.2) is 50.1 Å². The van der Waals surface area contributed by atoms with Gasteiger partial charge in [0.25, 0.3) is 0 Å². The molecule has 2 amide bonds. The Balaban J connectivity index is 2.89. The summed E-state index contributed by atoms with van der Waals surface area (Å²) in [6, 6.07) is 3.42. The van der Waals surface area contributed by atoms with Crippen molar-refractivity contribution in [1.82, 2.24) is 10.6 Å². The highest BCUT2D eigenvalue weighted by atomic mass is 19.1. The van der Waals surface area contributed by atoms with Gasteiger partial charge in [-0.2, -0.15) is 0 Å². The molecule has 1 aromatic carbocycles. The second-order valence-corrected chi connectivity index (χ2v) is 5.83. The summed E-state index contributed by atoms with van der Waals surface area (Å²) in [5.74, 6) is -2.81. The Hall–Kier alpha value is -3.23. The van der Waals surface area contributed by atoms with Crippen molar-refractivity contribution >= 4 is 23.8 Å². The summed E-state index contributed by atoms with van der Waals surface area (Å²) in [4.78, 5) is 47.1. The molecule has 28 heavy (non-hydrogen) atoms. The molecule has 0 fully saturated rings. The number of methoxy groups -OCH3 is 2. The van der Waals surface area contributed by atoms with E-state index in [2.05, 4.69) is 20.1 Å². The maximum Gasteiger partial charge on any atom is 0.330 e. The van der Waals surface area contributed by atoms with Crippen LogP contribution in [0.2, 0.25) is 0 Å². The van der Waals surface area contributed by atoms with Crippen molar-refractivity contribution in [2.45, 2.75) is 31.8 Å². The van der Waals surface area contributed by atoms with E-state index in [1.165, 1.54) is 44.4 Å². The number of amides is 2. The molecule has 0 aromatic heterocycles. The lowest BCUT2D eigenvalue weighted by Gasteiger charge is -2.21. The van der Waals surface area contributed by atoms with Gasteiger partial charge in [0.1, 0.15) is 17.9 Å². The highest BCUT2D eigenvalue weighted by molar-refractivity contribution is 5.90. The summed E-state index contributed by atoms with van der Waals surface area (Å²) in [6.07, 6.45) is 2.56. The van der Waals surface area contributed by atoms with E-state index < -0.39 is 41.7 Å². The van der Waals surface area contributed by atoms with Crippen LogP contribution in [0, 0.1) is 5.82 Å². The Morgan fingerprint density at radius 3 is 2.21 bits per heavy atom. The van der Waals surface area contributed by atoms with Crippen molar-refractivity contribution < 1.29 is 33.0 Å². The zero-order valence-electron chi connectivity index (χ0n) is 15.9. The molecule has 152 valence electrons. The van der Waals surface area contributed by atoms with E-state index in [4.69, 9.17) is 0 Å². The van der Waals surface area contributed by atoms with Gasteiger partial charge >= 0.3 is 11.9 Å². The third-order valence-electron chi connectivity index (χ3n) is 3.68. The number of nitrogens with one attached hydrogen (secondary N) is 2. The number of esters is 2. The van der Waals surface area contributed by atoms with Crippen LogP contribution in [0.4, 0.5) is 4.39 Å². The lowest BCUT2D eigenvalue weighted by atomic mass is 10.0. The Bertz CT molecular complexity index is 732. The molecule has 0 aliphatic carbocycles. The van der Waals surface area contributed by atoms with Crippen LogP contribution in [0.25, 0.3) is 0 Å². The van der Waals surface area contributed by atoms with E-state index in [1.54, 1.807) is 0 Å². The Kier molecular flexibility index (Phi) is 9.35. The van der Waals surface area contributed by atoms with Crippen LogP contribution in [-0.2, 0) is 35.1 Å². The molecule has 0 bridgehead atoms. The van der Waals surface area contributed by atoms with Gasteiger partial charge in [0.2, 0.25) is 11.8 Å². The smallest absolute Gasteiger partial charge is 0.330 e. The predicted molar refractivity (Wildman–Crippen MR) is 97.4 cm³/mol. The second-order valence-electron chi connectivity index (χ2n) is 5.83. The van der Waals surface area contributed by atoms with E-state index in [0.717, 1.165) is 13.2 Å². The summed E-state index contributed by atoms with van der Waals surface area (Å²) in [5, 5.41) is 4.99. The van der Waals surface area contributed by atoms with Crippen LogP contribution in [0.3, 0.4) is 0 Å². The van der Waals surface area contributed by atoms with Crippen LogP contribution in [0.1, 0.15) is 18.9 Å². The minimum absolute atomic E-state index is 0.0170. The number of halogens is 1. The quantitative estimate of drug-likeness (QED) is 0.470. The molecule has 0 aliphatic rings. The molecule has 0 saturated heterocycles. The van der Waals surface area contributed by atoms with Gasteiger partial charge in [0.05, 0.1) is 14.2 Å². The van der Waals surface area contributed by atoms with Crippen molar-refractivity contribution in [3.05, 3.63) is 47.8 Å². The average molecular weight is 394 g/mol. The number of rotatable bonds is 9. The van der Waals surface area contributed by atoms with Crippen molar-refractivity contribution in [2.75, 3.05) is 14.2 Å². The minimum atomic E-state index is -1.07. The summed E-state index contributed by atoms with van der Waals surface area (Å²) >= 11 is 0. The molecule has 2 atom stereocenters. The Labute approximate surface area is 162 Å². The molecule has 0 radical (unpaired) electrons. The fourth-order valence-electron chi connectivity index (χ4n) is 2.31. The first-order chi connectivity index (χ1) is 13.3. The van der Waals surface area contributed by atoms with Gasteiger partial charge in [0.15, 0.2) is 0 Å². The lowest BCUT2D eigenvalue weighted by molar-refractivity contribution is -0.145. The van der Waals surface area contributed by atoms with Gasteiger partial charge in [-0.25, -0.2) is 14.0 Å². The predicted octanol–water partition coefficient (Wildman–Crippen LogP) is 0.650. The third kappa shape index (κ3) is 7.98. The SMILES string of the molecule is COC(=O)/C=C/C[C@H](NC(=O)[C@H](Cc1ccc(F)cc1)NC(C)=O)C(=O)OC. The number of carbonyl (C=O) groups is 4. The van der Waals surface area contributed by atoms with E-state index in [0.29, 0.717) is 5.56 Å². The summed E-state index contributed by atoms with van der Waals surface area (Å²) in [6.45, 7) is 1.25. The summed E-state index contributed by atoms with van der Waals surface area (Å²) in [5.41, 5.74) is 0.621. The summed E-state index contributed by atoms with van der Waals surface area (Å²) < 4.78 is 22.2. The molecule has 0 aliphatic heterocycles. The van der Waals surface area contributed by atoms with Gasteiger partial charge in [-0.1, -0.05) is 18.2 Å². The fourth-order valence-corrected chi connectivity index (χ4v) is 2.31. The maximum atomic E-state index is 13.1. The first kappa shape index (κ1) is 22.8. The molecule has 1 aromatic rings. The molecule has 0 heterocycles. The molecule has 2 N–H and O–H groups in total. The first-order valence-electron chi connectivity index (χ1n) is 8.41. The standard InChI is InChI=1S/C19H23FN2O6/c1-12(23)21-16(11-13-7-9-14(20)10-8-13)18(25)22-15(19(26)28-3)5-4-6-17(24)27-2/h4,6-10,15-16H,5,11H2,1-3H3,(H,21,23)(H,22,25)/b6-4+/t15-,16-/m0/s1. The largest absolute Gasteiger partial charge is 0.467 e. The zero-order chi connectivity index (χ0) is 21.1. The van der Waals surface area contributed by atoms with Gasteiger partial charge in [0, 0.05) is 19.4 Å². The highest BCUT2D eigenvalue weighted by Gasteiger charge is 2.26. The first-order valence-corrected chi connectivity index (χ1v) is 8.41. The van der Waals surface area contributed by atoms with Crippen molar-refractivity contribution in [1.29, 1.82) is 0 Å². The van der Waals surface area contributed by atoms with Gasteiger partial charge in [-0.05, 0) is 24.1 Å². The third-order valence-corrected chi connectivity index (χ3v) is 3.68. The Morgan fingerprint density at radius 1 is 1.04 bits per heavy atom. The molecular weight excluding hydrogens is 371 g/mol. The van der Waals surface area contributed by atoms with Gasteiger partial charge in [-0.15, -0.1) is 0 Å². The fraction of sp³-hybridized carbons (Fsp3) is 0.368. The molecule has 9 heteroatoms.